The molecule has 16 heavy (non-hydrogen) atoms. The van der Waals surface area contributed by atoms with E-state index in [0.29, 0.717) is 25.2 Å². The Morgan fingerprint density at radius 2 is 2.38 bits per heavy atom. The summed E-state index contributed by atoms with van der Waals surface area (Å²) >= 11 is 3.34. The quantitative estimate of drug-likeness (QED) is 0.835. The van der Waals surface area contributed by atoms with E-state index in [2.05, 4.69) is 20.9 Å². The minimum absolute atomic E-state index is 0.0145. The lowest BCUT2D eigenvalue weighted by atomic mass is 10.1. The van der Waals surface area contributed by atoms with Gasteiger partial charge in [-0.1, -0.05) is 15.9 Å². The van der Waals surface area contributed by atoms with E-state index in [-0.39, 0.29) is 5.56 Å². The zero-order chi connectivity index (χ0) is 11.7. The summed E-state index contributed by atoms with van der Waals surface area (Å²) in [7, 11) is 0. The third-order valence-electron chi connectivity index (χ3n) is 3.00. The van der Waals surface area contributed by atoms with Crippen LogP contribution in [-0.2, 0) is 13.0 Å². The molecule has 0 aliphatic carbocycles. The number of halogens is 1. The average Bonchev–Trinajstić information content (AvgIpc) is 2.26. The van der Waals surface area contributed by atoms with E-state index in [9.17, 15) is 9.90 Å². The van der Waals surface area contributed by atoms with Crippen molar-refractivity contribution in [1.29, 1.82) is 0 Å². The summed E-state index contributed by atoms with van der Waals surface area (Å²) < 4.78 is 1.62. The molecule has 1 aromatic rings. The number of nitrogens with zero attached hydrogens (tertiary/aromatic N) is 2. The fourth-order valence-corrected chi connectivity index (χ4v) is 2.54. The second-order valence-electron chi connectivity index (χ2n) is 4.09. The molecule has 0 bridgehead atoms. The summed E-state index contributed by atoms with van der Waals surface area (Å²) in [5.74, 6) is 0.534. The van der Waals surface area contributed by atoms with Gasteiger partial charge in [-0.25, -0.2) is 4.98 Å². The minimum Gasteiger partial charge on any atom is -0.385 e. The first-order chi connectivity index (χ1) is 7.65. The Balaban J connectivity index is 2.58. The SMILES string of the molecule is Cc1nc2n(c(=O)c1CCBr)CCCC2O. The van der Waals surface area contributed by atoms with Crippen molar-refractivity contribution in [3.63, 3.8) is 0 Å². The lowest BCUT2D eigenvalue weighted by Crippen LogP contribution is -2.33. The van der Waals surface area contributed by atoms with Gasteiger partial charge in [0, 0.05) is 23.1 Å². The van der Waals surface area contributed by atoms with E-state index < -0.39 is 6.10 Å². The predicted octanol–water partition coefficient (Wildman–Crippen LogP) is 1.32. The first kappa shape index (κ1) is 11.8. The average molecular weight is 287 g/mol. The molecule has 5 heteroatoms. The van der Waals surface area contributed by atoms with E-state index in [1.807, 2.05) is 6.92 Å². The van der Waals surface area contributed by atoms with Crippen LogP contribution in [0.1, 0.15) is 36.0 Å². The van der Waals surface area contributed by atoms with E-state index in [0.717, 1.165) is 23.0 Å². The maximum atomic E-state index is 12.2. The Kier molecular flexibility index (Phi) is 3.44. The van der Waals surface area contributed by atoms with Crippen molar-refractivity contribution >= 4 is 15.9 Å². The van der Waals surface area contributed by atoms with Gasteiger partial charge in [0.25, 0.3) is 5.56 Å². The van der Waals surface area contributed by atoms with Crippen LogP contribution in [-0.4, -0.2) is 20.0 Å². The van der Waals surface area contributed by atoms with Crippen LogP contribution in [0.5, 0.6) is 0 Å². The molecule has 0 amide bonds. The van der Waals surface area contributed by atoms with Crippen molar-refractivity contribution in [2.24, 2.45) is 0 Å². The molecule has 1 unspecified atom stereocenters. The number of rotatable bonds is 2. The van der Waals surface area contributed by atoms with Crippen molar-refractivity contribution in [1.82, 2.24) is 9.55 Å². The monoisotopic (exact) mass is 286 g/mol. The third-order valence-corrected chi connectivity index (χ3v) is 3.40. The molecule has 4 nitrogen and oxygen atoms in total. The number of hydrogen-bond acceptors (Lipinski definition) is 3. The highest BCUT2D eigenvalue weighted by Crippen LogP contribution is 2.22. The fraction of sp³-hybridized carbons (Fsp3) is 0.636. The van der Waals surface area contributed by atoms with Crippen LogP contribution in [0.4, 0.5) is 0 Å². The molecule has 1 aliphatic rings. The van der Waals surface area contributed by atoms with Gasteiger partial charge in [-0.2, -0.15) is 0 Å². The number of aryl methyl sites for hydroxylation is 1. The first-order valence-corrected chi connectivity index (χ1v) is 6.61. The molecule has 2 heterocycles. The maximum absolute atomic E-state index is 12.2. The van der Waals surface area contributed by atoms with Crippen molar-refractivity contribution in [3.8, 4) is 0 Å². The van der Waals surface area contributed by atoms with Crippen LogP contribution >= 0.6 is 15.9 Å². The zero-order valence-corrected chi connectivity index (χ0v) is 10.8. The van der Waals surface area contributed by atoms with Crippen molar-refractivity contribution in [3.05, 3.63) is 27.4 Å². The van der Waals surface area contributed by atoms with Gasteiger partial charge in [0.05, 0.1) is 0 Å². The first-order valence-electron chi connectivity index (χ1n) is 5.49. The topological polar surface area (TPSA) is 55.1 Å². The smallest absolute Gasteiger partial charge is 0.257 e. The molecular formula is C11H15BrN2O2. The van der Waals surface area contributed by atoms with Gasteiger partial charge in [-0.15, -0.1) is 0 Å². The molecule has 1 aliphatic heterocycles. The number of hydrogen-bond donors (Lipinski definition) is 1. The Morgan fingerprint density at radius 3 is 3.06 bits per heavy atom. The van der Waals surface area contributed by atoms with Gasteiger partial charge < -0.3 is 5.11 Å². The second-order valence-corrected chi connectivity index (χ2v) is 4.88. The lowest BCUT2D eigenvalue weighted by molar-refractivity contribution is 0.130. The van der Waals surface area contributed by atoms with Crippen LogP contribution in [0.15, 0.2) is 4.79 Å². The Hall–Kier alpha value is -0.680. The van der Waals surface area contributed by atoms with Crippen molar-refractivity contribution in [2.75, 3.05) is 5.33 Å². The largest absolute Gasteiger partial charge is 0.385 e. The Morgan fingerprint density at radius 1 is 1.62 bits per heavy atom. The predicted molar refractivity (Wildman–Crippen MR) is 64.9 cm³/mol. The Labute approximate surface area is 102 Å². The zero-order valence-electron chi connectivity index (χ0n) is 9.24. The summed E-state index contributed by atoms with van der Waals surface area (Å²) in [5, 5.41) is 10.6. The highest BCUT2D eigenvalue weighted by Gasteiger charge is 2.22. The van der Waals surface area contributed by atoms with Crippen LogP contribution < -0.4 is 5.56 Å². The second kappa shape index (κ2) is 4.67. The van der Waals surface area contributed by atoms with E-state index in [4.69, 9.17) is 0 Å². The van der Waals surface area contributed by atoms with Crippen molar-refractivity contribution in [2.45, 2.75) is 38.8 Å². The van der Waals surface area contributed by atoms with E-state index >= 15 is 0 Å². The summed E-state index contributed by atoms with van der Waals surface area (Å²) in [5.41, 5.74) is 1.52. The molecule has 1 atom stereocenters. The molecule has 0 saturated carbocycles. The fourth-order valence-electron chi connectivity index (χ4n) is 2.15. The summed E-state index contributed by atoms with van der Waals surface area (Å²) in [6.07, 6.45) is 1.64. The molecule has 0 radical (unpaired) electrons. The molecular weight excluding hydrogens is 272 g/mol. The van der Waals surface area contributed by atoms with Gasteiger partial charge in [0.2, 0.25) is 0 Å². The number of aliphatic hydroxyl groups is 1. The molecule has 0 aromatic carbocycles. The number of fused-ring (bicyclic) bond motifs is 1. The van der Waals surface area contributed by atoms with Crippen LogP contribution in [0.25, 0.3) is 0 Å². The number of aliphatic hydroxyl groups excluding tert-OH is 1. The maximum Gasteiger partial charge on any atom is 0.257 e. The summed E-state index contributed by atoms with van der Waals surface area (Å²) in [6, 6.07) is 0. The number of aromatic nitrogens is 2. The summed E-state index contributed by atoms with van der Waals surface area (Å²) in [6.45, 7) is 2.51. The summed E-state index contributed by atoms with van der Waals surface area (Å²) in [4.78, 5) is 16.5. The molecule has 0 fully saturated rings. The molecule has 88 valence electrons. The van der Waals surface area contributed by atoms with Crippen LogP contribution in [0.2, 0.25) is 0 Å². The highest BCUT2D eigenvalue weighted by atomic mass is 79.9. The standard InChI is InChI=1S/C11H15BrN2O2/c1-7-8(4-5-12)11(16)14-6-2-3-9(15)10(14)13-7/h9,15H,2-6H2,1H3. The number of alkyl halides is 1. The van der Waals surface area contributed by atoms with Gasteiger partial charge in [0.15, 0.2) is 0 Å². The highest BCUT2D eigenvalue weighted by molar-refractivity contribution is 9.09. The van der Waals surface area contributed by atoms with Crippen LogP contribution in [0.3, 0.4) is 0 Å². The van der Waals surface area contributed by atoms with E-state index in [1.54, 1.807) is 4.57 Å². The minimum atomic E-state index is -0.585. The van der Waals surface area contributed by atoms with Crippen molar-refractivity contribution < 1.29 is 5.11 Å². The molecule has 1 aromatic heterocycles. The molecule has 0 spiro atoms. The normalized spacial score (nSPS) is 19.6. The van der Waals surface area contributed by atoms with Crippen LogP contribution in [0, 0.1) is 6.92 Å². The molecule has 0 saturated heterocycles. The third kappa shape index (κ3) is 1.94. The molecule has 2 rings (SSSR count). The van der Waals surface area contributed by atoms with Gasteiger partial charge in [0.1, 0.15) is 11.9 Å². The lowest BCUT2D eigenvalue weighted by Gasteiger charge is -2.23. The van der Waals surface area contributed by atoms with Gasteiger partial charge in [-0.05, 0) is 26.2 Å². The molecule has 1 N–H and O–H groups in total. The Bertz CT molecular complexity index is 456. The van der Waals surface area contributed by atoms with E-state index in [1.165, 1.54) is 0 Å². The van der Waals surface area contributed by atoms with Gasteiger partial charge in [-0.3, -0.25) is 9.36 Å². The van der Waals surface area contributed by atoms with Gasteiger partial charge >= 0.3 is 0 Å².